The van der Waals surface area contributed by atoms with Crippen LogP contribution in [0.2, 0.25) is 0 Å². The minimum Gasteiger partial charge on any atom is -0.376 e. The van der Waals surface area contributed by atoms with Crippen LogP contribution in [0, 0.1) is 0 Å². The van der Waals surface area contributed by atoms with Gasteiger partial charge >= 0.3 is 0 Å². The molecule has 0 saturated heterocycles. The molecule has 1 unspecified atom stereocenters. The van der Waals surface area contributed by atoms with E-state index < -0.39 is 5.54 Å². The van der Waals surface area contributed by atoms with Gasteiger partial charge in [0.25, 0.3) is 5.89 Å². The van der Waals surface area contributed by atoms with Gasteiger partial charge in [-0.3, -0.25) is 4.98 Å². The first-order valence-electron chi connectivity index (χ1n) is 6.15. The Balaban J connectivity index is 2.16. The monoisotopic (exact) mass is 262 g/mol. The van der Waals surface area contributed by atoms with Crippen molar-refractivity contribution in [3.05, 3.63) is 30.2 Å². The van der Waals surface area contributed by atoms with Crippen LogP contribution in [0.4, 0.5) is 0 Å². The van der Waals surface area contributed by atoms with E-state index in [0.29, 0.717) is 24.0 Å². The van der Waals surface area contributed by atoms with E-state index in [1.165, 1.54) is 0 Å². The molecule has 2 aromatic heterocycles. The maximum atomic E-state index is 6.15. The van der Waals surface area contributed by atoms with Crippen molar-refractivity contribution in [1.82, 2.24) is 15.1 Å². The van der Waals surface area contributed by atoms with E-state index in [4.69, 9.17) is 15.0 Å². The fourth-order valence-electron chi connectivity index (χ4n) is 1.45. The van der Waals surface area contributed by atoms with Gasteiger partial charge in [0.2, 0.25) is 0 Å². The largest absolute Gasteiger partial charge is 0.376 e. The molecule has 1 atom stereocenters. The van der Waals surface area contributed by atoms with Crippen LogP contribution < -0.4 is 5.73 Å². The van der Waals surface area contributed by atoms with Crippen molar-refractivity contribution in [1.29, 1.82) is 0 Å². The molecule has 19 heavy (non-hydrogen) atoms. The number of rotatable bonds is 5. The van der Waals surface area contributed by atoms with E-state index in [9.17, 15) is 0 Å². The van der Waals surface area contributed by atoms with Gasteiger partial charge in [-0.2, -0.15) is 4.98 Å². The Hall–Kier alpha value is -1.79. The van der Waals surface area contributed by atoms with Crippen molar-refractivity contribution in [3.8, 4) is 11.6 Å². The maximum Gasteiger partial charge on any atom is 0.276 e. The SMILES string of the molecule is CC(C)OCC(C)(N)c1noc(-c2ccccn2)n1. The average Bonchev–Trinajstić information content (AvgIpc) is 2.88. The molecule has 0 amide bonds. The van der Waals surface area contributed by atoms with Crippen molar-refractivity contribution >= 4 is 0 Å². The summed E-state index contributed by atoms with van der Waals surface area (Å²) < 4.78 is 10.7. The number of hydrogen-bond acceptors (Lipinski definition) is 6. The van der Waals surface area contributed by atoms with Gasteiger partial charge in [-0.25, -0.2) is 0 Å². The zero-order chi connectivity index (χ0) is 13.9. The first-order valence-corrected chi connectivity index (χ1v) is 6.15. The van der Waals surface area contributed by atoms with Crippen molar-refractivity contribution in [3.63, 3.8) is 0 Å². The molecule has 6 heteroatoms. The lowest BCUT2D eigenvalue weighted by molar-refractivity contribution is 0.0410. The number of nitrogens with zero attached hydrogens (tertiary/aromatic N) is 3. The molecule has 6 nitrogen and oxygen atoms in total. The molecule has 0 aliphatic rings. The van der Waals surface area contributed by atoms with E-state index in [-0.39, 0.29) is 6.10 Å². The van der Waals surface area contributed by atoms with Crippen LogP contribution >= 0.6 is 0 Å². The quantitative estimate of drug-likeness (QED) is 0.883. The summed E-state index contributed by atoms with van der Waals surface area (Å²) in [6.07, 6.45) is 1.77. The molecule has 2 rings (SSSR count). The summed E-state index contributed by atoms with van der Waals surface area (Å²) in [4.78, 5) is 8.44. The van der Waals surface area contributed by atoms with Crippen LogP contribution in [-0.2, 0) is 10.3 Å². The van der Waals surface area contributed by atoms with Gasteiger partial charge in [0.15, 0.2) is 5.82 Å². The highest BCUT2D eigenvalue weighted by Gasteiger charge is 2.28. The highest BCUT2D eigenvalue weighted by Crippen LogP contribution is 2.20. The highest BCUT2D eigenvalue weighted by atomic mass is 16.5. The maximum absolute atomic E-state index is 6.15. The molecule has 0 radical (unpaired) electrons. The molecule has 0 bridgehead atoms. The van der Waals surface area contributed by atoms with Gasteiger partial charge < -0.3 is 15.0 Å². The molecule has 2 N–H and O–H groups in total. The number of aromatic nitrogens is 3. The molecular formula is C13H18N4O2. The van der Waals surface area contributed by atoms with Crippen LogP contribution in [0.3, 0.4) is 0 Å². The Kier molecular flexibility index (Phi) is 3.92. The molecule has 0 spiro atoms. The highest BCUT2D eigenvalue weighted by molar-refractivity contribution is 5.45. The third-order valence-electron chi connectivity index (χ3n) is 2.54. The first-order chi connectivity index (χ1) is 8.99. The number of ether oxygens (including phenoxy) is 1. The molecule has 2 aromatic rings. The summed E-state index contributed by atoms with van der Waals surface area (Å²) in [5.74, 6) is 0.769. The number of hydrogen-bond donors (Lipinski definition) is 1. The zero-order valence-electron chi connectivity index (χ0n) is 11.3. The normalized spacial score (nSPS) is 14.6. The van der Waals surface area contributed by atoms with Crippen LogP contribution in [0.25, 0.3) is 11.6 Å². The summed E-state index contributed by atoms with van der Waals surface area (Å²) in [7, 11) is 0. The first kappa shape index (κ1) is 13.6. The fraction of sp³-hybridized carbons (Fsp3) is 0.462. The van der Waals surface area contributed by atoms with E-state index in [1.807, 2.05) is 32.9 Å². The van der Waals surface area contributed by atoms with E-state index >= 15 is 0 Å². The van der Waals surface area contributed by atoms with Crippen molar-refractivity contribution < 1.29 is 9.26 Å². The third-order valence-corrected chi connectivity index (χ3v) is 2.54. The molecule has 102 valence electrons. The standard InChI is InChI=1S/C13H18N4O2/c1-9(2)18-8-13(3,14)12-16-11(19-17-12)10-6-4-5-7-15-10/h4-7,9H,8,14H2,1-3H3. The lowest BCUT2D eigenvalue weighted by atomic mass is 10.1. The van der Waals surface area contributed by atoms with Gasteiger partial charge in [0.1, 0.15) is 11.2 Å². The molecule has 0 fully saturated rings. The topological polar surface area (TPSA) is 87.1 Å². The lowest BCUT2D eigenvalue weighted by Gasteiger charge is -2.21. The van der Waals surface area contributed by atoms with Gasteiger partial charge in [-0.1, -0.05) is 11.2 Å². The summed E-state index contributed by atoms with van der Waals surface area (Å²) >= 11 is 0. The van der Waals surface area contributed by atoms with Crippen molar-refractivity contribution in [2.75, 3.05) is 6.61 Å². The minimum atomic E-state index is -0.791. The second-order valence-electron chi connectivity index (χ2n) is 4.92. The molecule has 0 saturated carbocycles. The molecule has 0 aliphatic heterocycles. The Morgan fingerprint density at radius 1 is 1.42 bits per heavy atom. The van der Waals surface area contributed by atoms with Gasteiger partial charge in [-0.15, -0.1) is 0 Å². The Labute approximate surface area is 112 Å². The van der Waals surface area contributed by atoms with Crippen molar-refractivity contribution in [2.24, 2.45) is 5.73 Å². The predicted octanol–water partition coefficient (Wildman–Crippen LogP) is 1.73. The molecular weight excluding hydrogens is 244 g/mol. The summed E-state index contributed by atoms with van der Waals surface area (Å²) in [5.41, 5.74) is 5.98. The molecule has 0 aromatic carbocycles. The van der Waals surface area contributed by atoms with E-state index in [2.05, 4.69) is 15.1 Å². The second kappa shape index (κ2) is 5.46. The van der Waals surface area contributed by atoms with Crippen LogP contribution in [0.15, 0.2) is 28.9 Å². The van der Waals surface area contributed by atoms with E-state index in [1.54, 1.807) is 12.3 Å². The van der Waals surface area contributed by atoms with Crippen molar-refractivity contribution in [2.45, 2.75) is 32.4 Å². The minimum absolute atomic E-state index is 0.102. The smallest absolute Gasteiger partial charge is 0.276 e. The van der Waals surface area contributed by atoms with E-state index in [0.717, 1.165) is 0 Å². The van der Waals surface area contributed by atoms with Gasteiger partial charge in [0.05, 0.1) is 12.7 Å². The van der Waals surface area contributed by atoms with Crippen LogP contribution in [0.5, 0.6) is 0 Å². The fourth-order valence-corrected chi connectivity index (χ4v) is 1.45. The van der Waals surface area contributed by atoms with Crippen LogP contribution in [0.1, 0.15) is 26.6 Å². The molecule has 2 heterocycles. The number of pyridine rings is 1. The summed E-state index contributed by atoms with van der Waals surface area (Å²) in [6.45, 7) is 6.03. The Morgan fingerprint density at radius 2 is 2.21 bits per heavy atom. The van der Waals surface area contributed by atoms with Crippen LogP contribution in [-0.4, -0.2) is 27.8 Å². The summed E-state index contributed by atoms with van der Waals surface area (Å²) in [5, 5.41) is 3.91. The lowest BCUT2D eigenvalue weighted by Crippen LogP contribution is -2.40. The Bertz CT molecular complexity index is 522. The Morgan fingerprint density at radius 3 is 2.84 bits per heavy atom. The summed E-state index contributed by atoms with van der Waals surface area (Å²) in [6, 6.07) is 5.48. The zero-order valence-corrected chi connectivity index (χ0v) is 11.3. The average molecular weight is 262 g/mol. The second-order valence-corrected chi connectivity index (χ2v) is 4.92. The third kappa shape index (κ3) is 3.36. The van der Waals surface area contributed by atoms with Gasteiger partial charge in [0, 0.05) is 6.20 Å². The van der Waals surface area contributed by atoms with Gasteiger partial charge in [-0.05, 0) is 32.9 Å². The molecule has 0 aliphatic carbocycles. The predicted molar refractivity (Wildman–Crippen MR) is 70.2 cm³/mol. The number of nitrogens with two attached hydrogens (primary N) is 1.